The first-order valence-electron chi connectivity index (χ1n) is 10.7. The van der Waals surface area contributed by atoms with Gasteiger partial charge in [0.05, 0.1) is 18.0 Å². The highest BCUT2D eigenvalue weighted by molar-refractivity contribution is 6.35. The van der Waals surface area contributed by atoms with Gasteiger partial charge in [-0.1, -0.05) is 54.1 Å². The topological polar surface area (TPSA) is 52.3 Å². The fourth-order valence-electron chi connectivity index (χ4n) is 4.05. The summed E-state index contributed by atoms with van der Waals surface area (Å²) in [6, 6.07) is 24.3. The van der Waals surface area contributed by atoms with Gasteiger partial charge in [0, 0.05) is 16.1 Å². The van der Waals surface area contributed by atoms with Crippen LogP contribution < -0.4 is 4.74 Å². The third kappa shape index (κ3) is 4.04. The number of ether oxygens (including phenoxy) is 1. The second kappa shape index (κ2) is 8.97. The maximum atomic E-state index is 6.56. The molecule has 32 heavy (non-hydrogen) atoms. The fraction of sp³-hybridized carbons (Fsp3) is 0.192. The van der Waals surface area contributed by atoms with Gasteiger partial charge in [0.2, 0.25) is 0 Å². The lowest BCUT2D eigenvalue weighted by molar-refractivity contribution is 0.311. The molecule has 4 aromatic rings. The van der Waals surface area contributed by atoms with Crippen molar-refractivity contribution in [2.75, 3.05) is 6.61 Å². The minimum absolute atomic E-state index is 0.455. The first-order valence-corrected chi connectivity index (χ1v) is 11.1. The molecule has 160 valence electrons. The Bertz CT molecular complexity index is 1280. The zero-order valence-electron chi connectivity index (χ0n) is 17.8. The molecule has 1 aliphatic rings. The summed E-state index contributed by atoms with van der Waals surface area (Å²) < 4.78 is 7.94. The van der Waals surface area contributed by atoms with Gasteiger partial charge < -0.3 is 4.74 Å². The molecule has 1 aliphatic heterocycles. The van der Waals surface area contributed by atoms with Crippen LogP contribution in [0, 0.1) is 6.92 Å². The van der Waals surface area contributed by atoms with Crippen molar-refractivity contribution in [3.05, 3.63) is 106 Å². The van der Waals surface area contributed by atoms with E-state index < -0.39 is 0 Å². The van der Waals surface area contributed by atoms with Crippen LogP contribution in [-0.4, -0.2) is 27.1 Å². The minimum atomic E-state index is 0.455. The van der Waals surface area contributed by atoms with Gasteiger partial charge in [-0.2, -0.15) is 0 Å². The molecule has 0 saturated carbocycles. The molecule has 0 atom stereocenters. The zero-order valence-corrected chi connectivity index (χ0v) is 18.6. The molecule has 6 heteroatoms. The van der Waals surface area contributed by atoms with Crippen molar-refractivity contribution in [1.29, 1.82) is 0 Å². The Morgan fingerprint density at radius 3 is 2.59 bits per heavy atom. The summed E-state index contributed by atoms with van der Waals surface area (Å²) in [5.41, 5.74) is 5.12. The number of halogens is 1. The number of hydrogen-bond donors (Lipinski definition) is 0. The zero-order chi connectivity index (χ0) is 21.9. The average Bonchev–Trinajstić information content (AvgIpc) is 3.10. The Kier molecular flexibility index (Phi) is 5.73. The van der Waals surface area contributed by atoms with Crippen molar-refractivity contribution in [2.24, 2.45) is 4.99 Å². The first kappa shape index (κ1) is 20.5. The molecule has 3 aromatic carbocycles. The molecule has 2 heterocycles. The normalized spacial score (nSPS) is 12.5. The van der Waals surface area contributed by atoms with Gasteiger partial charge in [-0.05, 0) is 55.7 Å². The van der Waals surface area contributed by atoms with Crippen molar-refractivity contribution in [1.82, 2.24) is 14.8 Å². The third-order valence-corrected chi connectivity index (χ3v) is 5.91. The molecule has 0 N–H and O–H groups in total. The summed E-state index contributed by atoms with van der Waals surface area (Å²) in [5, 5.41) is 9.29. The summed E-state index contributed by atoms with van der Waals surface area (Å²) in [6.07, 6.45) is 1.83. The number of rotatable bonds is 6. The number of aromatic nitrogens is 3. The number of para-hydroxylation sites is 1. The van der Waals surface area contributed by atoms with Gasteiger partial charge >= 0.3 is 0 Å². The molecule has 0 unspecified atom stereocenters. The molecule has 5 nitrogen and oxygen atoms in total. The van der Waals surface area contributed by atoms with Crippen LogP contribution in [0.5, 0.6) is 5.75 Å². The maximum Gasteiger partial charge on any atom is 0.159 e. The summed E-state index contributed by atoms with van der Waals surface area (Å²) in [6.45, 7) is 3.09. The van der Waals surface area contributed by atoms with E-state index in [-0.39, 0.29) is 0 Å². The van der Waals surface area contributed by atoms with Crippen molar-refractivity contribution in [3.8, 4) is 11.4 Å². The SMILES string of the molecule is Cc1nnc2n1-c1ccc(CCCOc3ccccc3)cc1C(c1ccccc1Cl)=NC2. The Morgan fingerprint density at radius 2 is 1.75 bits per heavy atom. The van der Waals surface area contributed by atoms with Crippen molar-refractivity contribution in [2.45, 2.75) is 26.3 Å². The van der Waals surface area contributed by atoms with E-state index in [0.717, 1.165) is 52.8 Å². The molecule has 0 aliphatic carbocycles. The van der Waals surface area contributed by atoms with Crippen LogP contribution in [0.3, 0.4) is 0 Å². The number of aliphatic imine (C=N–C) groups is 1. The van der Waals surface area contributed by atoms with E-state index in [1.165, 1.54) is 5.56 Å². The number of nitrogens with zero attached hydrogens (tertiary/aromatic N) is 4. The molecule has 0 radical (unpaired) electrons. The van der Waals surface area contributed by atoms with Crippen LogP contribution in [0.25, 0.3) is 5.69 Å². The Hall–Kier alpha value is -3.44. The van der Waals surface area contributed by atoms with Gasteiger partial charge in [-0.15, -0.1) is 10.2 Å². The van der Waals surface area contributed by atoms with E-state index in [2.05, 4.69) is 33.0 Å². The Morgan fingerprint density at radius 1 is 0.938 bits per heavy atom. The van der Waals surface area contributed by atoms with Crippen LogP contribution in [0.4, 0.5) is 0 Å². The van der Waals surface area contributed by atoms with Crippen LogP contribution >= 0.6 is 11.6 Å². The summed E-state index contributed by atoms with van der Waals surface area (Å²) in [4.78, 5) is 4.91. The van der Waals surface area contributed by atoms with E-state index in [0.29, 0.717) is 18.2 Å². The number of aryl methyl sites for hydroxylation is 2. The van der Waals surface area contributed by atoms with Gasteiger partial charge in [0.1, 0.15) is 18.1 Å². The summed E-state index contributed by atoms with van der Waals surface area (Å²) in [5.74, 6) is 2.58. The lowest BCUT2D eigenvalue weighted by atomic mass is 9.97. The molecule has 0 spiro atoms. The van der Waals surface area contributed by atoms with E-state index in [1.807, 2.05) is 61.5 Å². The second-order valence-electron chi connectivity index (χ2n) is 7.76. The summed E-state index contributed by atoms with van der Waals surface area (Å²) in [7, 11) is 0. The van der Waals surface area contributed by atoms with E-state index in [9.17, 15) is 0 Å². The van der Waals surface area contributed by atoms with Crippen LogP contribution in [0.1, 0.15) is 34.8 Å². The molecule has 1 aromatic heterocycles. The second-order valence-corrected chi connectivity index (χ2v) is 8.17. The highest BCUT2D eigenvalue weighted by Gasteiger charge is 2.23. The third-order valence-electron chi connectivity index (χ3n) is 5.58. The number of fused-ring (bicyclic) bond motifs is 3. The lowest BCUT2D eigenvalue weighted by Crippen LogP contribution is -2.10. The van der Waals surface area contributed by atoms with Gasteiger partial charge in [-0.3, -0.25) is 9.56 Å². The van der Waals surface area contributed by atoms with Crippen LogP contribution in [0.15, 0.2) is 77.8 Å². The van der Waals surface area contributed by atoms with E-state index in [1.54, 1.807) is 0 Å². The predicted octanol–water partition coefficient (Wildman–Crippen LogP) is 5.59. The smallest absolute Gasteiger partial charge is 0.159 e. The maximum absolute atomic E-state index is 6.56. The molecular weight excluding hydrogens is 420 g/mol. The van der Waals surface area contributed by atoms with Crippen LogP contribution in [0.2, 0.25) is 5.02 Å². The Balaban J connectivity index is 1.46. The quantitative estimate of drug-likeness (QED) is 0.365. The molecule has 5 rings (SSSR count). The van der Waals surface area contributed by atoms with Gasteiger partial charge in [0.15, 0.2) is 5.82 Å². The van der Waals surface area contributed by atoms with Gasteiger partial charge in [-0.25, -0.2) is 0 Å². The van der Waals surface area contributed by atoms with E-state index in [4.69, 9.17) is 21.3 Å². The Labute approximate surface area is 192 Å². The van der Waals surface area contributed by atoms with Crippen molar-refractivity contribution in [3.63, 3.8) is 0 Å². The molecular formula is C26H23ClN4O. The van der Waals surface area contributed by atoms with E-state index >= 15 is 0 Å². The lowest BCUT2D eigenvalue weighted by Gasteiger charge is -2.15. The molecule has 0 saturated heterocycles. The standard InChI is InChI=1S/C26H23ClN4O/c1-18-29-30-25-17-28-26(21-11-5-6-12-23(21)27)22-16-19(13-14-24(22)31(18)25)8-7-15-32-20-9-3-2-4-10-20/h2-6,9-14,16H,7-8,15,17H2,1H3. The van der Waals surface area contributed by atoms with Crippen molar-refractivity contribution >= 4 is 17.3 Å². The number of hydrogen-bond acceptors (Lipinski definition) is 4. The highest BCUT2D eigenvalue weighted by atomic mass is 35.5. The largest absolute Gasteiger partial charge is 0.494 e. The fourth-order valence-corrected chi connectivity index (χ4v) is 4.27. The molecule has 0 bridgehead atoms. The highest BCUT2D eigenvalue weighted by Crippen LogP contribution is 2.29. The number of benzene rings is 3. The van der Waals surface area contributed by atoms with Crippen molar-refractivity contribution < 1.29 is 4.74 Å². The molecule has 0 amide bonds. The minimum Gasteiger partial charge on any atom is -0.494 e. The molecule has 0 fully saturated rings. The van der Waals surface area contributed by atoms with Gasteiger partial charge in [0.25, 0.3) is 0 Å². The average molecular weight is 443 g/mol. The predicted molar refractivity (Wildman–Crippen MR) is 127 cm³/mol. The first-order chi connectivity index (χ1) is 15.7. The summed E-state index contributed by atoms with van der Waals surface area (Å²) >= 11 is 6.56. The monoisotopic (exact) mass is 442 g/mol. The van der Waals surface area contributed by atoms with Crippen LogP contribution in [-0.2, 0) is 13.0 Å².